The Morgan fingerprint density at radius 1 is 1.25 bits per heavy atom. The number of aliphatic hydroxyl groups is 2. The third-order valence-electron chi connectivity index (χ3n) is 2.14. The van der Waals surface area contributed by atoms with Crippen molar-refractivity contribution in [1.82, 2.24) is 5.32 Å². The van der Waals surface area contributed by atoms with E-state index >= 15 is 0 Å². The molecule has 0 amide bonds. The van der Waals surface area contributed by atoms with Crippen LogP contribution < -0.4 is 10.6 Å². The Bertz CT molecular complexity index is 339. The first kappa shape index (κ1) is 12.9. The van der Waals surface area contributed by atoms with Crippen LogP contribution in [0, 0.1) is 0 Å². The normalized spacial score (nSPS) is 10.9. The van der Waals surface area contributed by atoms with Crippen LogP contribution in [0.15, 0.2) is 30.3 Å². The Hall–Kier alpha value is -1.17. The molecule has 0 bridgehead atoms. The van der Waals surface area contributed by atoms with Crippen LogP contribution in [0.1, 0.15) is 6.92 Å². The molecule has 0 saturated heterocycles. The number of para-hydroxylation sites is 1. The predicted octanol–water partition coefficient (Wildman–Crippen LogP) is 0.716. The summed E-state index contributed by atoms with van der Waals surface area (Å²) in [4.78, 5) is 0. The minimum Gasteiger partial charge on any atom is -0.394 e. The monoisotopic (exact) mass is 240 g/mol. The van der Waals surface area contributed by atoms with Crippen LogP contribution in [0.4, 0.5) is 5.69 Å². The van der Waals surface area contributed by atoms with Gasteiger partial charge in [0.1, 0.15) is 0 Å². The molecule has 4 N–H and O–H groups in total. The summed E-state index contributed by atoms with van der Waals surface area (Å²) in [6, 6.07) is 9.45. The van der Waals surface area contributed by atoms with Crippen LogP contribution in [0.5, 0.6) is 0 Å². The summed E-state index contributed by atoms with van der Waals surface area (Å²) in [6.07, 6.45) is 0. The summed E-state index contributed by atoms with van der Waals surface area (Å²) in [5.74, 6) is 0. The standard InChI is InChI=1S/C11H16N2O2S/c1-11(7-14,8-15)13-10(16)12-9-5-3-2-4-6-9/h2-6,14-15H,7-8H2,1H3,(H2,12,13,16). The second-order valence-corrected chi connectivity index (χ2v) is 4.23. The van der Waals surface area contributed by atoms with Crippen LogP contribution in [-0.2, 0) is 0 Å². The third-order valence-corrected chi connectivity index (χ3v) is 2.35. The molecule has 0 heterocycles. The fourth-order valence-electron chi connectivity index (χ4n) is 1.09. The molecule has 0 aliphatic carbocycles. The first-order chi connectivity index (χ1) is 7.59. The molecule has 0 unspecified atom stereocenters. The lowest BCUT2D eigenvalue weighted by atomic mass is 10.1. The molecule has 0 radical (unpaired) electrons. The SMILES string of the molecule is CC(CO)(CO)NC(=S)Nc1ccccc1. The largest absolute Gasteiger partial charge is 0.394 e. The number of thiocarbonyl (C=S) groups is 1. The van der Waals surface area contributed by atoms with Gasteiger partial charge in [0.05, 0.1) is 18.8 Å². The summed E-state index contributed by atoms with van der Waals surface area (Å²) in [7, 11) is 0. The summed E-state index contributed by atoms with van der Waals surface area (Å²) in [5.41, 5.74) is 0.0528. The molecule has 1 rings (SSSR count). The van der Waals surface area contributed by atoms with Gasteiger partial charge in [-0.1, -0.05) is 18.2 Å². The highest BCUT2D eigenvalue weighted by molar-refractivity contribution is 7.80. The van der Waals surface area contributed by atoms with E-state index in [-0.39, 0.29) is 13.2 Å². The van der Waals surface area contributed by atoms with Crippen molar-refractivity contribution >= 4 is 23.0 Å². The van der Waals surface area contributed by atoms with Crippen LogP contribution >= 0.6 is 12.2 Å². The molecule has 0 aliphatic rings. The number of aliphatic hydroxyl groups excluding tert-OH is 2. The van der Waals surface area contributed by atoms with Crippen molar-refractivity contribution < 1.29 is 10.2 Å². The molecule has 0 aromatic heterocycles. The molecule has 0 aliphatic heterocycles. The molecule has 0 atom stereocenters. The minimum absolute atomic E-state index is 0.194. The van der Waals surface area contributed by atoms with E-state index in [4.69, 9.17) is 22.4 Å². The Kier molecular flexibility index (Phi) is 4.67. The highest BCUT2D eigenvalue weighted by atomic mass is 32.1. The van der Waals surface area contributed by atoms with Gasteiger partial charge in [0, 0.05) is 5.69 Å². The van der Waals surface area contributed by atoms with Gasteiger partial charge >= 0.3 is 0 Å². The van der Waals surface area contributed by atoms with E-state index < -0.39 is 5.54 Å². The van der Waals surface area contributed by atoms with Gasteiger partial charge in [0.25, 0.3) is 0 Å². The van der Waals surface area contributed by atoms with Crippen molar-refractivity contribution in [3.05, 3.63) is 30.3 Å². The van der Waals surface area contributed by atoms with E-state index in [1.807, 2.05) is 30.3 Å². The Morgan fingerprint density at radius 2 is 1.81 bits per heavy atom. The maximum Gasteiger partial charge on any atom is 0.171 e. The van der Waals surface area contributed by atoms with Crippen molar-refractivity contribution in [3.8, 4) is 0 Å². The lowest BCUT2D eigenvalue weighted by Crippen LogP contribution is -2.53. The van der Waals surface area contributed by atoms with Gasteiger partial charge in [0.15, 0.2) is 5.11 Å². The van der Waals surface area contributed by atoms with E-state index in [2.05, 4.69) is 10.6 Å². The average molecular weight is 240 g/mol. The Balaban J connectivity index is 2.54. The lowest BCUT2D eigenvalue weighted by molar-refractivity contribution is 0.120. The lowest BCUT2D eigenvalue weighted by Gasteiger charge is -2.27. The fourth-order valence-corrected chi connectivity index (χ4v) is 1.45. The van der Waals surface area contributed by atoms with E-state index in [0.29, 0.717) is 5.11 Å². The van der Waals surface area contributed by atoms with Gasteiger partial charge in [-0.15, -0.1) is 0 Å². The van der Waals surface area contributed by atoms with E-state index in [1.165, 1.54) is 0 Å². The summed E-state index contributed by atoms with van der Waals surface area (Å²) >= 11 is 5.07. The van der Waals surface area contributed by atoms with E-state index in [1.54, 1.807) is 6.92 Å². The van der Waals surface area contributed by atoms with Crippen molar-refractivity contribution in [1.29, 1.82) is 0 Å². The Labute approximate surface area is 100 Å². The maximum absolute atomic E-state index is 9.09. The highest BCUT2D eigenvalue weighted by Gasteiger charge is 2.22. The quantitative estimate of drug-likeness (QED) is 0.584. The molecule has 0 spiro atoms. The first-order valence-corrected chi connectivity index (χ1v) is 5.36. The average Bonchev–Trinajstić information content (AvgIpc) is 2.30. The minimum atomic E-state index is -0.807. The predicted molar refractivity (Wildman–Crippen MR) is 68.4 cm³/mol. The number of hydrogen-bond acceptors (Lipinski definition) is 3. The van der Waals surface area contributed by atoms with Gasteiger partial charge in [-0.3, -0.25) is 0 Å². The zero-order valence-corrected chi connectivity index (χ0v) is 9.92. The van der Waals surface area contributed by atoms with Gasteiger partial charge in [-0.25, -0.2) is 0 Å². The van der Waals surface area contributed by atoms with Gasteiger partial charge < -0.3 is 20.8 Å². The van der Waals surface area contributed by atoms with E-state index in [9.17, 15) is 0 Å². The fraction of sp³-hybridized carbons (Fsp3) is 0.364. The molecule has 0 fully saturated rings. The second kappa shape index (κ2) is 5.79. The molecule has 0 saturated carbocycles. The summed E-state index contributed by atoms with van der Waals surface area (Å²) < 4.78 is 0. The van der Waals surface area contributed by atoms with Gasteiger partial charge in [-0.2, -0.15) is 0 Å². The molecular formula is C11H16N2O2S. The molecule has 5 heteroatoms. The molecule has 88 valence electrons. The molecule has 1 aromatic rings. The second-order valence-electron chi connectivity index (χ2n) is 3.82. The summed E-state index contributed by atoms with van der Waals surface area (Å²) in [5, 5.41) is 24.4. The molecule has 16 heavy (non-hydrogen) atoms. The van der Waals surface area contributed by atoms with Crippen molar-refractivity contribution in [2.45, 2.75) is 12.5 Å². The number of hydrogen-bond donors (Lipinski definition) is 4. The van der Waals surface area contributed by atoms with Crippen LogP contribution in [0.3, 0.4) is 0 Å². The highest BCUT2D eigenvalue weighted by Crippen LogP contribution is 2.06. The van der Waals surface area contributed by atoms with Crippen molar-refractivity contribution in [3.63, 3.8) is 0 Å². The van der Waals surface area contributed by atoms with E-state index in [0.717, 1.165) is 5.69 Å². The van der Waals surface area contributed by atoms with Crippen LogP contribution in [0.25, 0.3) is 0 Å². The maximum atomic E-state index is 9.09. The molecule has 4 nitrogen and oxygen atoms in total. The van der Waals surface area contributed by atoms with Crippen LogP contribution in [0.2, 0.25) is 0 Å². The molecule has 1 aromatic carbocycles. The number of rotatable bonds is 4. The summed E-state index contributed by atoms with van der Waals surface area (Å²) in [6.45, 7) is 1.30. The van der Waals surface area contributed by atoms with Gasteiger partial charge in [-0.05, 0) is 31.3 Å². The number of anilines is 1. The zero-order valence-electron chi connectivity index (χ0n) is 9.10. The van der Waals surface area contributed by atoms with Crippen molar-refractivity contribution in [2.24, 2.45) is 0 Å². The smallest absolute Gasteiger partial charge is 0.171 e. The molecular weight excluding hydrogens is 224 g/mol. The first-order valence-electron chi connectivity index (χ1n) is 4.95. The van der Waals surface area contributed by atoms with Crippen LogP contribution in [-0.4, -0.2) is 34.1 Å². The van der Waals surface area contributed by atoms with Gasteiger partial charge in [0.2, 0.25) is 0 Å². The zero-order chi connectivity index (χ0) is 12.0. The number of nitrogens with one attached hydrogen (secondary N) is 2. The number of benzene rings is 1. The Morgan fingerprint density at radius 3 is 2.31 bits per heavy atom. The third kappa shape index (κ3) is 3.77. The topological polar surface area (TPSA) is 64.5 Å². The van der Waals surface area contributed by atoms with Crippen molar-refractivity contribution in [2.75, 3.05) is 18.5 Å².